The van der Waals surface area contributed by atoms with Crippen LogP contribution in [0.15, 0.2) is 45.9 Å². The predicted octanol–water partition coefficient (Wildman–Crippen LogP) is 4.24. The average molecular weight is 480 g/mol. The zero-order chi connectivity index (χ0) is 25.4. The maximum atomic E-state index is 13.3. The number of ether oxygens (including phenoxy) is 1. The van der Waals surface area contributed by atoms with Gasteiger partial charge in [-0.05, 0) is 77.3 Å². The fourth-order valence-electron chi connectivity index (χ4n) is 3.86. The average Bonchev–Trinajstić information content (AvgIpc) is 3.56. The zero-order valence-corrected chi connectivity index (χ0v) is 20.5. The maximum Gasteiger partial charge on any atom is 0.412 e. The van der Waals surface area contributed by atoms with Gasteiger partial charge in [0, 0.05) is 18.4 Å². The first-order valence-electron chi connectivity index (χ1n) is 11.5. The standard InChI is InChI=1S/C25H29N5O5/c1-6-30(16-8-7-13-26-14-16)21(32)25(11-12-25)29-22-27-18-10-9-17(15(2)19(18)20(31)34-22)28-23(33)35-24(3,4)5/h7-10,13-14H,6,11-12H2,1-5H3,(H,27,29)(H,28,33). The molecule has 184 valence electrons. The van der Waals surface area contributed by atoms with Crippen LogP contribution >= 0.6 is 0 Å². The van der Waals surface area contributed by atoms with Crippen LogP contribution in [-0.2, 0) is 9.53 Å². The van der Waals surface area contributed by atoms with Crippen molar-refractivity contribution in [3.8, 4) is 0 Å². The molecule has 2 N–H and O–H groups in total. The number of anilines is 3. The number of hydrogen-bond donors (Lipinski definition) is 2. The Labute approximate surface area is 202 Å². The van der Waals surface area contributed by atoms with Crippen LogP contribution in [0.1, 0.15) is 46.1 Å². The van der Waals surface area contributed by atoms with Gasteiger partial charge in [0.25, 0.3) is 11.9 Å². The van der Waals surface area contributed by atoms with E-state index in [9.17, 15) is 14.4 Å². The minimum atomic E-state index is -0.893. The Kier molecular flexibility index (Phi) is 6.23. The second-order valence-corrected chi connectivity index (χ2v) is 9.53. The molecule has 2 aromatic heterocycles. The molecule has 10 heteroatoms. The smallest absolute Gasteiger partial charge is 0.412 e. The highest BCUT2D eigenvalue weighted by molar-refractivity contribution is 6.04. The molecule has 0 unspecified atom stereocenters. The molecule has 0 bridgehead atoms. The highest BCUT2D eigenvalue weighted by Crippen LogP contribution is 2.41. The van der Waals surface area contributed by atoms with E-state index in [-0.39, 0.29) is 17.3 Å². The Balaban J connectivity index is 1.59. The normalized spacial score (nSPS) is 14.3. The first-order valence-corrected chi connectivity index (χ1v) is 11.5. The van der Waals surface area contributed by atoms with Crippen LogP contribution in [0.3, 0.4) is 0 Å². The predicted molar refractivity (Wildman–Crippen MR) is 133 cm³/mol. The van der Waals surface area contributed by atoms with Crippen molar-refractivity contribution in [3.05, 3.63) is 52.6 Å². The molecule has 0 spiro atoms. The molecular formula is C25H29N5O5. The number of pyridine rings is 1. The molecule has 1 saturated carbocycles. The number of fused-ring (bicyclic) bond motifs is 1. The summed E-state index contributed by atoms with van der Waals surface area (Å²) >= 11 is 0. The number of hydrogen-bond acceptors (Lipinski definition) is 8. The Bertz CT molecular complexity index is 1330. The van der Waals surface area contributed by atoms with Crippen LogP contribution in [0.2, 0.25) is 0 Å². The quantitative estimate of drug-likeness (QED) is 0.538. The van der Waals surface area contributed by atoms with Crippen LogP contribution in [-0.4, -0.2) is 39.7 Å². The molecule has 1 fully saturated rings. The van der Waals surface area contributed by atoms with E-state index in [4.69, 9.17) is 9.15 Å². The van der Waals surface area contributed by atoms with E-state index >= 15 is 0 Å². The number of rotatable bonds is 6. The summed E-state index contributed by atoms with van der Waals surface area (Å²) in [5, 5.41) is 5.96. The van der Waals surface area contributed by atoms with Gasteiger partial charge in [-0.2, -0.15) is 4.98 Å². The third-order valence-electron chi connectivity index (χ3n) is 5.72. The molecule has 3 aromatic rings. The van der Waals surface area contributed by atoms with Crippen molar-refractivity contribution in [2.45, 2.75) is 58.6 Å². The number of carbonyl (C=O) groups excluding carboxylic acids is 2. The number of benzene rings is 1. The van der Waals surface area contributed by atoms with E-state index in [1.165, 1.54) is 0 Å². The highest BCUT2D eigenvalue weighted by atomic mass is 16.6. The number of amides is 2. The largest absolute Gasteiger partial charge is 0.444 e. The minimum absolute atomic E-state index is 0.0251. The van der Waals surface area contributed by atoms with Crippen molar-refractivity contribution in [3.63, 3.8) is 0 Å². The number of aromatic nitrogens is 2. The van der Waals surface area contributed by atoms with Gasteiger partial charge in [0.05, 0.1) is 22.8 Å². The lowest BCUT2D eigenvalue weighted by Gasteiger charge is -2.26. The summed E-state index contributed by atoms with van der Waals surface area (Å²) in [5.74, 6) is -0.134. The van der Waals surface area contributed by atoms with E-state index in [1.807, 2.05) is 13.0 Å². The van der Waals surface area contributed by atoms with Crippen molar-refractivity contribution < 1.29 is 18.7 Å². The number of nitrogens with zero attached hydrogens (tertiary/aromatic N) is 3. The molecule has 0 aliphatic heterocycles. The van der Waals surface area contributed by atoms with Crippen LogP contribution in [0.4, 0.5) is 22.2 Å². The number of aryl methyl sites for hydroxylation is 1. The summed E-state index contributed by atoms with van der Waals surface area (Å²) in [6.45, 7) is 9.35. The van der Waals surface area contributed by atoms with Gasteiger partial charge >= 0.3 is 11.7 Å². The van der Waals surface area contributed by atoms with Crippen molar-refractivity contribution in [1.82, 2.24) is 9.97 Å². The molecule has 2 heterocycles. The number of nitrogens with one attached hydrogen (secondary N) is 2. The monoisotopic (exact) mass is 479 g/mol. The van der Waals surface area contributed by atoms with Gasteiger partial charge in [-0.1, -0.05) is 0 Å². The van der Waals surface area contributed by atoms with Gasteiger partial charge in [0.1, 0.15) is 11.1 Å². The Morgan fingerprint density at radius 1 is 1.23 bits per heavy atom. The third-order valence-corrected chi connectivity index (χ3v) is 5.72. The summed E-state index contributed by atoms with van der Waals surface area (Å²) in [6, 6.07) is 6.84. The first-order chi connectivity index (χ1) is 16.5. The lowest BCUT2D eigenvalue weighted by Crippen LogP contribution is -2.45. The van der Waals surface area contributed by atoms with Gasteiger partial charge in [-0.25, -0.2) is 9.59 Å². The van der Waals surface area contributed by atoms with Crippen LogP contribution < -0.4 is 21.2 Å². The lowest BCUT2D eigenvalue weighted by molar-refractivity contribution is -0.120. The van der Waals surface area contributed by atoms with E-state index in [0.717, 1.165) is 0 Å². The van der Waals surface area contributed by atoms with Crippen molar-refractivity contribution in [2.24, 2.45) is 0 Å². The molecular weight excluding hydrogens is 450 g/mol. The van der Waals surface area contributed by atoms with Gasteiger partial charge in [0.15, 0.2) is 0 Å². The van der Waals surface area contributed by atoms with Gasteiger partial charge in [-0.3, -0.25) is 15.1 Å². The van der Waals surface area contributed by atoms with E-state index < -0.39 is 22.9 Å². The zero-order valence-electron chi connectivity index (χ0n) is 20.5. The lowest BCUT2D eigenvalue weighted by atomic mass is 10.1. The van der Waals surface area contributed by atoms with Crippen molar-refractivity contribution >= 4 is 40.3 Å². The minimum Gasteiger partial charge on any atom is -0.444 e. The van der Waals surface area contributed by atoms with E-state index in [1.54, 1.807) is 63.2 Å². The fraction of sp³-hybridized carbons (Fsp3) is 0.400. The fourth-order valence-corrected chi connectivity index (χ4v) is 3.86. The summed E-state index contributed by atoms with van der Waals surface area (Å²) < 4.78 is 10.7. The summed E-state index contributed by atoms with van der Waals surface area (Å²) in [4.78, 5) is 48.6. The topological polar surface area (TPSA) is 127 Å². The number of likely N-dealkylation sites (N-methyl/N-ethyl adjacent to an activating group) is 1. The van der Waals surface area contributed by atoms with E-state index in [0.29, 0.717) is 41.8 Å². The Morgan fingerprint density at radius 2 is 1.97 bits per heavy atom. The molecule has 1 aliphatic rings. The molecule has 10 nitrogen and oxygen atoms in total. The number of carbonyl (C=O) groups is 2. The molecule has 1 aliphatic carbocycles. The Morgan fingerprint density at radius 3 is 2.57 bits per heavy atom. The maximum absolute atomic E-state index is 13.3. The van der Waals surface area contributed by atoms with E-state index in [2.05, 4.69) is 20.6 Å². The van der Waals surface area contributed by atoms with Gasteiger partial charge in [-0.15, -0.1) is 0 Å². The summed E-state index contributed by atoms with van der Waals surface area (Å²) in [7, 11) is 0. The van der Waals surface area contributed by atoms with Crippen molar-refractivity contribution in [1.29, 1.82) is 0 Å². The van der Waals surface area contributed by atoms with Crippen molar-refractivity contribution in [2.75, 3.05) is 22.1 Å². The molecule has 0 atom stereocenters. The Hall–Kier alpha value is -3.95. The third kappa shape index (κ3) is 5.11. The van der Waals surface area contributed by atoms with Gasteiger partial charge < -0.3 is 19.4 Å². The van der Waals surface area contributed by atoms with Crippen LogP contribution in [0, 0.1) is 6.92 Å². The molecule has 35 heavy (non-hydrogen) atoms. The van der Waals surface area contributed by atoms with Crippen LogP contribution in [0.25, 0.3) is 10.9 Å². The summed E-state index contributed by atoms with van der Waals surface area (Å²) in [6.07, 6.45) is 3.83. The SMILES string of the molecule is CCN(C(=O)C1(Nc2nc3ccc(NC(=O)OC(C)(C)C)c(C)c3c(=O)o2)CC1)c1cccnc1. The molecule has 1 aromatic carbocycles. The summed E-state index contributed by atoms with van der Waals surface area (Å²) in [5.41, 5.74) is -0.157. The second-order valence-electron chi connectivity index (χ2n) is 9.53. The second kappa shape index (κ2) is 9.01. The van der Waals surface area contributed by atoms with Crippen LogP contribution in [0.5, 0.6) is 0 Å². The highest BCUT2D eigenvalue weighted by Gasteiger charge is 2.53. The molecule has 4 rings (SSSR count). The molecule has 0 radical (unpaired) electrons. The van der Waals surface area contributed by atoms with Gasteiger partial charge in [0.2, 0.25) is 0 Å². The molecule has 0 saturated heterocycles. The molecule has 2 amide bonds. The first kappa shape index (κ1) is 24.2.